The number of primary amides is 1. The summed E-state index contributed by atoms with van der Waals surface area (Å²) in [5.74, 6) is -0.167. The fraction of sp³-hybridized carbons (Fsp3) is 0.222. The predicted octanol–water partition coefficient (Wildman–Crippen LogP) is 0.728. The molecule has 0 saturated carbocycles. The van der Waals surface area contributed by atoms with E-state index in [0.717, 1.165) is 5.56 Å². The van der Waals surface area contributed by atoms with Crippen molar-refractivity contribution in [3.63, 3.8) is 0 Å². The van der Waals surface area contributed by atoms with Gasteiger partial charge in [-0.05, 0) is 24.1 Å². The zero-order valence-electron chi connectivity index (χ0n) is 7.40. The van der Waals surface area contributed by atoms with Crippen molar-refractivity contribution in [3.8, 4) is 5.75 Å². The van der Waals surface area contributed by atoms with Crippen LogP contribution in [-0.4, -0.2) is 17.1 Å². The average molecular weight is 306 g/mol. The Hall–Kier alpha value is -0.820. The van der Waals surface area contributed by atoms with E-state index in [1.165, 1.54) is 0 Å². The minimum absolute atomic E-state index is 0.215. The van der Waals surface area contributed by atoms with E-state index >= 15 is 0 Å². The first kappa shape index (κ1) is 11.3. The Balaban J connectivity index is 2.67. The number of carbonyl (C=O) groups is 1. The maximum atomic E-state index is 10.9. The Morgan fingerprint density at radius 2 is 2.07 bits per heavy atom. The molecule has 0 aliphatic heterocycles. The Morgan fingerprint density at radius 1 is 1.50 bits per heavy atom. The van der Waals surface area contributed by atoms with Gasteiger partial charge in [-0.25, -0.2) is 3.53 Å². The van der Waals surface area contributed by atoms with Gasteiger partial charge in [-0.1, -0.05) is 12.1 Å². The van der Waals surface area contributed by atoms with Crippen molar-refractivity contribution in [2.24, 2.45) is 5.73 Å². The first-order valence-electron chi connectivity index (χ1n) is 4.07. The van der Waals surface area contributed by atoms with Crippen LogP contribution in [0.1, 0.15) is 5.56 Å². The standard InChI is InChI=1S/C9H11IN2O2/c10-12-8(9(11)14)5-6-1-3-7(13)4-2-6/h1-4,8,12-13H,5H2,(H2,11,14)/t8-/m0/s1. The third-order valence-electron chi connectivity index (χ3n) is 1.85. The molecule has 0 bridgehead atoms. The summed E-state index contributed by atoms with van der Waals surface area (Å²) in [6.45, 7) is 0. The van der Waals surface area contributed by atoms with Gasteiger partial charge in [-0.3, -0.25) is 4.79 Å². The molecule has 0 spiro atoms. The van der Waals surface area contributed by atoms with E-state index in [1.807, 2.05) is 22.9 Å². The monoisotopic (exact) mass is 306 g/mol. The number of amides is 1. The zero-order chi connectivity index (χ0) is 10.6. The smallest absolute Gasteiger partial charge is 0.235 e. The first-order chi connectivity index (χ1) is 6.63. The van der Waals surface area contributed by atoms with Crippen molar-refractivity contribution in [1.82, 2.24) is 3.53 Å². The van der Waals surface area contributed by atoms with E-state index in [2.05, 4.69) is 3.53 Å². The molecule has 0 radical (unpaired) electrons. The number of rotatable bonds is 4. The van der Waals surface area contributed by atoms with Crippen LogP contribution in [0.2, 0.25) is 0 Å². The summed E-state index contributed by atoms with van der Waals surface area (Å²) in [6, 6.07) is 6.32. The van der Waals surface area contributed by atoms with Gasteiger partial charge < -0.3 is 10.8 Å². The van der Waals surface area contributed by atoms with Crippen LogP contribution in [0.5, 0.6) is 5.75 Å². The lowest BCUT2D eigenvalue weighted by Crippen LogP contribution is -2.38. The summed E-state index contributed by atoms with van der Waals surface area (Å²) in [5.41, 5.74) is 6.12. The Morgan fingerprint density at radius 3 is 2.50 bits per heavy atom. The highest BCUT2D eigenvalue weighted by molar-refractivity contribution is 14.1. The summed E-state index contributed by atoms with van der Waals surface area (Å²) < 4.78 is 2.80. The predicted molar refractivity (Wildman–Crippen MR) is 61.9 cm³/mol. The second kappa shape index (κ2) is 5.16. The largest absolute Gasteiger partial charge is 0.508 e. The van der Waals surface area contributed by atoms with Crippen LogP contribution in [0.3, 0.4) is 0 Å². The molecule has 76 valence electrons. The number of carbonyl (C=O) groups excluding carboxylic acids is 1. The van der Waals surface area contributed by atoms with Crippen LogP contribution >= 0.6 is 22.9 Å². The lowest BCUT2D eigenvalue weighted by atomic mass is 10.1. The fourth-order valence-electron chi connectivity index (χ4n) is 1.06. The van der Waals surface area contributed by atoms with E-state index < -0.39 is 0 Å². The normalized spacial score (nSPS) is 12.4. The average Bonchev–Trinajstić information content (AvgIpc) is 2.16. The van der Waals surface area contributed by atoms with Crippen molar-refractivity contribution < 1.29 is 9.90 Å². The van der Waals surface area contributed by atoms with Gasteiger partial charge in [0.05, 0.1) is 6.04 Å². The van der Waals surface area contributed by atoms with Gasteiger partial charge >= 0.3 is 0 Å². The van der Waals surface area contributed by atoms with Gasteiger partial charge in [-0.2, -0.15) is 0 Å². The number of phenols is 1. The molecule has 1 aromatic carbocycles. The van der Waals surface area contributed by atoms with Gasteiger partial charge in [0.1, 0.15) is 5.75 Å². The number of nitrogens with one attached hydrogen (secondary N) is 1. The highest BCUT2D eigenvalue weighted by Gasteiger charge is 2.13. The van der Waals surface area contributed by atoms with Gasteiger partial charge in [0.2, 0.25) is 5.91 Å². The number of aromatic hydroxyl groups is 1. The van der Waals surface area contributed by atoms with Gasteiger partial charge in [-0.15, -0.1) is 0 Å². The highest BCUT2D eigenvalue weighted by atomic mass is 127. The molecule has 1 aromatic rings. The van der Waals surface area contributed by atoms with Crippen LogP contribution in [0.4, 0.5) is 0 Å². The molecule has 0 heterocycles. The van der Waals surface area contributed by atoms with E-state index in [-0.39, 0.29) is 17.7 Å². The molecule has 1 atom stereocenters. The topological polar surface area (TPSA) is 75.4 Å². The number of phenolic OH excluding ortho intramolecular Hbond substituents is 1. The highest BCUT2D eigenvalue weighted by Crippen LogP contribution is 2.11. The van der Waals surface area contributed by atoms with Crippen LogP contribution < -0.4 is 9.26 Å². The molecule has 4 nitrogen and oxygen atoms in total. The SMILES string of the molecule is NC(=O)[C@H](Cc1ccc(O)cc1)NI. The van der Waals surface area contributed by atoms with Gasteiger partial charge in [0.15, 0.2) is 0 Å². The van der Waals surface area contributed by atoms with Crippen molar-refractivity contribution in [2.45, 2.75) is 12.5 Å². The summed E-state index contributed by atoms with van der Waals surface area (Å²) in [4.78, 5) is 10.9. The number of benzene rings is 1. The number of hydrogen-bond donors (Lipinski definition) is 3. The Labute approximate surface area is 96.0 Å². The van der Waals surface area contributed by atoms with Crippen LogP contribution in [-0.2, 0) is 11.2 Å². The minimum Gasteiger partial charge on any atom is -0.508 e. The fourth-order valence-corrected chi connectivity index (χ4v) is 1.59. The zero-order valence-corrected chi connectivity index (χ0v) is 9.56. The molecule has 0 aliphatic carbocycles. The maximum Gasteiger partial charge on any atom is 0.235 e. The second-order valence-electron chi connectivity index (χ2n) is 2.93. The summed E-state index contributed by atoms with van der Waals surface area (Å²) in [6.07, 6.45) is 0.526. The summed E-state index contributed by atoms with van der Waals surface area (Å²) >= 11 is 1.90. The van der Waals surface area contributed by atoms with E-state index in [4.69, 9.17) is 10.8 Å². The number of hydrogen-bond acceptors (Lipinski definition) is 3. The minimum atomic E-state index is -0.382. The summed E-state index contributed by atoms with van der Waals surface area (Å²) in [5, 5.41) is 9.05. The molecule has 14 heavy (non-hydrogen) atoms. The van der Waals surface area contributed by atoms with Crippen molar-refractivity contribution in [3.05, 3.63) is 29.8 Å². The molecule has 0 aliphatic rings. The molecular formula is C9H11IN2O2. The Bertz CT molecular complexity index is 313. The molecule has 0 aromatic heterocycles. The molecule has 0 saturated heterocycles. The number of nitrogens with two attached hydrogens (primary N) is 1. The molecule has 1 amide bonds. The first-order valence-corrected chi connectivity index (χ1v) is 5.14. The third kappa shape index (κ3) is 3.15. The molecule has 5 heteroatoms. The van der Waals surface area contributed by atoms with Gasteiger partial charge in [0, 0.05) is 22.9 Å². The maximum absolute atomic E-state index is 10.9. The third-order valence-corrected chi connectivity index (χ3v) is 2.60. The van der Waals surface area contributed by atoms with E-state index in [0.29, 0.717) is 6.42 Å². The van der Waals surface area contributed by atoms with E-state index in [9.17, 15) is 4.79 Å². The second-order valence-corrected chi connectivity index (χ2v) is 3.56. The molecule has 0 fully saturated rings. The molecule has 0 unspecified atom stereocenters. The van der Waals surface area contributed by atoms with E-state index in [1.54, 1.807) is 24.3 Å². The molecular weight excluding hydrogens is 295 g/mol. The van der Waals surface area contributed by atoms with Gasteiger partial charge in [0.25, 0.3) is 0 Å². The lowest BCUT2D eigenvalue weighted by molar-refractivity contribution is -0.119. The van der Waals surface area contributed by atoms with Crippen molar-refractivity contribution in [2.75, 3.05) is 0 Å². The van der Waals surface area contributed by atoms with Crippen LogP contribution in [0.15, 0.2) is 24.3 Å². The lowest BCUT2D eigenvalue weighted by Gasteiger charge is -2.10. The Kier molecular flexibility index (Phi) is 4.15. The molecule has 4 N–H and O–H groups in total. The van der Waals surface area contributed by atoms with Crippen LogP contribution in [0, 0.1) is 0 Å². The number of halogens is 1. The summed E-state index contributed by atoms with van der Waals surface area (Å²) in [7, 11) is 0. The molecule has 1 rings (SSSR count). The van der Waals surface area contributed by atoms with Crippen molar-refractivity contribution >= 4 is 28.8 Å². The van der Waals surface area contributed by atoms with Crippen molar-refractivity contribution in [1.29, 1.82) is 0 Å². The quantitative estimate of drug-likeness (QED) is 0.567. The van der Waals surface area contributed by atoms with Crippen LogP contribution in [0.25, 0.3) is 0 Å².